The average Bonchev–Trinajstić information content (AvgIpc) is 3.11. The van der Waals surface area contributed by atoms with Crippen LogP contribution in [0.2, 0.25) is 0 Å². The van der Waals surface area contributed by atoms with Gasteiger partial charge >= 0.3 is 6.03 Å². The number of hydrogen-bond acceptors (Lipinski definition) is 4. The number of hydrogen-bond donors (Lipinski definition) is 3. The summed E-state index contributed by atoms with van der Waals surface area (Å²) in [7, 11) is 0. The molecule has 0 unspecified atom stereocenters. The summed E-state index contributed by atoms with van der Waals surface area (Å²) >= 11 is 0. The lowest BCUT2D eigenvalue weighted by molar-refractivity contribution is 0.213. The highest BCUT2D eigenvalue weighted by molar-refractivity contribution is 5.74. The maximum absolute atomic E-state index is 12.2. The highest BCUT2D eigenvalue weighted by atomic mass is 16.3. The summed E-state index contributed by atoms with van der Waals surface area (Å²) in [5, 5.41) is 15.4. The third-order valence-electron chi connectivity index (χ3n) is 4.38. The lowest BCUT2D eigenvalue weighted by Gasteiger charge is -2.20. The Hall–Kier alpha value is -2.60. The van der Waals surface area contributed by atoms with E-state index in [9.17, 15) is 9.90 Å². The third-order valence-corrected chi connectivity index (χ3v) is 4.38. The minimum atomic E-state index is -0.296. The SMILES string of the molecule is O=C(N[C@@H]1CCN(c2ccccn2)C1)N[C@@H](CO)Cc1ccccc1. The van der Waals surface area contributed by atoms with Crippen LogP contribution in [-0.4, -0.2) is 47.9 Å². The fourth-order valence-electron chi connectivity index (χ4n) is 3.10. The van der Waals surface area contributed by atoms with E-state index >= 15 is 0 Å². The van der Waals surface area contributed by atoms with Crippen LogP contribution in [0.3, 0.4) is 0 Å². The Morgan fingerprint density at radius 1 is 1.24 bits per heavy atom. The number of benzene rings is 1. The van der Waals surface area contributed by atoms with Gasteiger partial charge in [-0.05, 0) is 30.5 Å². The normalized spacial score (nSPS) is 18.0. The molecule has 2 aromatic rings. The van der Waals surface area contributed by atoms with Crippen molar-refractivity contribution in [3.63, 3.8) is 0 Å². The second kappa shape index (κ2) is 8.48. The summed E-state index contributed by atoms with van der Waals surface area (Å²) in [4.78, 5) is 18.7. The molecule has 0 bridgehead atoms. The standard InChI is InChI=1S/C19H24N4O2/c24-14-17(12-15-6-2-1-3-7-15)22-19(25)21-16-9-11-23(13-16)18-8-4-5-10-20-18/h1-8,10,16-17,24H,9,11-14H2,(H2,21,22,25)/t16-,17-/m1/s1. The molecule has 1 aliphatic heterocycles. The van der Waals surface area contributed by atoms with Crippen LogP contribution in [0.15, 0.2) is 54.7 Å². The topological polar surface area (TPSA) is 77.5 Å². The molecule has 1 fully saturated rings. The number of nitrogens with zero attached hydrogens (tertiary/aromatic N) is 2. The van der Waals surface area contributed by atoms with Crippen LogP contribution in [0.25, 0.3) is 0 Å². The smallest absolute Gasteiger partial charge is 0.315 e. The zero-order valence-corrected chi connectivity index (χ0v) is 14.1. The van der Waals surface area contributed by atoms with Crippen LogP contribution in [0.1, 0.15) is 12.0 Å². The predicted octanol–water partition coefficient (Wildman–Crippen LogP) is 1.56. The van der Waals surface area contributed by atoms with Crippen LogP contribution >= 0.6 is 0 Å². The molecule has 1 aliphatic rings. The van der Waals surface area contributed by atoms with E-state index in [-0.39, 0.29) is 24.7 Å². The number of urea groups is 1. The van der Waals surface area contributed by atoms with Gasteiger partial charge in [0.2, 0.25) is 0 Å². The molecule has 1 aromatic heterocycles. The van der Waals surface area contributed by atoms with Crippen LogP contribution in [0, 0.1) is 0 Å². The van der Waals surface area contributed by atoms with E-state index in [2.05, 4.69) is 20.5 Å². The molecule has 1 aromatic carbocycles. The predicted molar refractivity (Wildman–Crippen MR) is 97.5 cm³/mol. The second-order valence-electron chi connectivity index (χ2n) is 6.31. The minimum absolute atomic E-state index is 0.0816. The third kappa shape index (κ3) is 4.93. The number of aliphatic hydroxyl groups excluding tert-OH is 1. The van der Waals surface area contributed by atoms with Gasteiger partial charge in [0, 0.05) is 25.3 Å². The van der Waals surface area contributed by atoms with E-state index in [0.717, 1.165) is 30.9 Å². The highest BCUT2D eigenvalue weighted by Crippen LogP contribution is 2.17. The van der Waals surface area contributed by atoms with Crippen molar-refractivity contribution in [1.82, 2.24) is 15.6 Å². The number of pyridine rings is 1. The fourth-order valence-corrected chi connectivity index (χ4v) is 3.10. The fraction of sp³-hybridized carbons (Fsp3) is 0.368. The molecule has 2 atom stereocenters. The van der Waals surface area contributed by atoms with E-state index in [1.165, 1.54) is 0 Å². The molecule has 3 N–H and O–H groups in total. The highest BCUT2D eigenvalue weighted by Gasteiger charge is 2.25. The molecule has 2 amide bonds. The van der Waals surface area contributed by atoms with Gasteiger partial charge in [-0.3, -0.25) is 0 Å². The first-order chi connectivity index (χ1) is 12.2. The Morgan fingerprint density at radius 3 is 2.76 bits per heavy atom. The molecule has 25 heavy (non-hydrogen) atoms. The van der Waals surface area contributed by atoms with Crippen molar-refractivity contribution in [3.8, 4) is 0 Å². The van der Waals surface area contributed by atoms with Gasteiger partial charge in [-0.25, -0.2) is 9.78 Å². The monoisotopic (exact) mass is 340 g/mol. The zero-order valence-electron chi connectivity index (χ0n) is 14.1. The van der Waals surface area contributed by atoms with Gasteiger partial charge in [0.25, 0.3) is 0 Å². The summed E-state index contributed by atoms with van der Waals surface area (Å²) in [6.45, 7) is 1.52. The summed E-state index contributed by atoms with van der Waals surface area (Å²) in [6.07, 6.45) is 3.26. The van der Waals surface area contributed by atoms with E-state index in [1.54, 1.807) is 6.20 Å². The van der Waals surface area contributed by atoms with Gasteiger partial charge in [-0.2, -0.15) is 0 Å². The van der Waals surface area contributed by atoms with Crippen LogP contribution in [0.5, 0.6) is 0 Å². The van der Waals surface area contributed by atoms with Gasteiger partial charge < -0.3 is 20.6 Å². The number of carbonyl (C=O) groups excluding carboxylic acids is 1. The minimum Gasteiger partial charge on any atom is -0.394 e. The molecule has 132 valence electrons. The Bertz CT molecular complexity index is 666. The molecule has 1 saturated heterocycles. The summed E-state index contributed by atoms with van der Waals surface area (Å²) in [5.74, 6) is 0.935. The quantitative estimate of drug-likeness (QED) is 0.746. The second-order valence-corrected chi connectivity index (χ2v) is 6.31. The number of rotatable bonds is 6. The Balaban J connectivity index is 1.47. The van der Waals surface area contributed by atoms with E-state index in [0.29, 0.717) is 6.42 Å². The van der Waals surface area contributed by atoms with Crippen LogP contribution < -0.4 is 15.5 Å². The van der Waals surface area contributed by atoms with Crippen LogP contribution in [-0.2, 0) is 6.42 Å². The van der Waals surface area contributed by atoms with Crippen molar-refractivity contribution < 1.29 is 9.90 Å². The van der Waals surface area contributed by atoms with Gasteiger partial charge in [-0.15, -0.1) is 0 Å². The van der Waals surface area contributed by atoms with E-state index < -0.39 is 0 Å². The van der Waals surface area contributed by atoms with Crippen molar-refractivity contribution in [2.24, 2.45) is 0 Å². The van der Waals surface area contributed by atoms with E-state index in [4.69, 9.17) is 0 Å². The summed E-state index contributed by atoms with van der Waals surface area (Å²) in [5.41, 5.74) is 1.09. The molecule has 3 rings (SSSR count). The average molecular weight is 340 g/mol. The molecule has 0 radical (unpaired) electrons. The Labute approximate surface area is 147 Å². The molecule has 2 heterocycles. The molecule has 0 aliphatic carbocycles. The Kier molecular flexibility index (Phi) is 5.85. The number of aromatic nitrogens is 1. The molecular formula is C19H24N4O2. The first-order valence-corrected chi connectivity index (χ1v) is 8.62. The van der Waals surface area contributed by atoms with Crippen molar-refractivity contribution in [3.05, 3.63) is 60.3 Å². The lowest BCUT2D eigenvalue weighted by atomic mass is 10.1. The van der Waals surface area contributed by atoms with Crippen molar-refractivity contribution in [2.75, 3.05) is 24.6 Å². The molecule has 6 heteroatoms. The lowest BCUT2D eigenvalue weighted by Crippen LogP contribution is -2.48. The largest absolute Gasteiger partial charge is 0.394 e. The number of carbonyl (C=O) groups is 1. The van der Waals surface area contributed by atoms with Gasteiger partial charge in [0.15, 0.2) is 0 Å². The number of nitrogens with one attached hydrogen (secondary N) is 2. The van der Waals surface area contributed by atoms with Gasteiger partial charge in [0.05, 0.1) is 12.6 Å². The molecule has 6 nitrogen and oxygen atoms in total. The van der Waals surface area contributed by atoms with Crippen molar-refractivity contribution in [1.29, 1.82) is 0 Å². The summed E-state index contributed by atoms with van der Waals surface area (Å²) < 4.78 is 0. The Morgan fingerprint density at radius 2 is 2.04 bits per heavy atom. The van der Waals surface area contributed by atoms with Crippen molar-refractivity contribution in [2.45, 2.75) is 24.9 Å². The molecule has 0 saturated carbocycles. The molecule has 0 spiro atoms. The number of anilines is 1. The number of amides is 2. The van der Waals surface area contributed by atoms with Crippen LogP contribution in [0.4, 0.5) is 10.6 Å². The number of aliphatic hydroxyl groups is 1. The first-order valence-electron chi connectivity index (χ1n) is 8.62. The maximum Gasteiger partial charge on any atom is 0.315 e. The van der Waals surface area contributed by atoms with E-state index in [1.807, 2.05) is 48.5 Å². The zero-order chi connectivity index (χ0) is 17.5. The first kappa shape index (κ1) is 17.2. The molecular weight excluding hydrogens is 316 g/mol. The van der Waals surface area contributed by atoms with Gasteiger partial charge in [0.1, 0.15) is 5.82 Å². The maximum atomic E-state index is 12.2. The summed E-state index contributed by atoms with van der Waals surface area (Å²) in [6, 6.07) is 15.2. The van der Waals surface area contributed by atoms with Crippen molar-refractivity contribution >= 4 is 11.8 Å². The van der Waals surface area contributed by atoms with Gasteiger partial charge in [-0.1, -0.05) is 36.4 Å².